The molecule has 2 aliphatic rings. The standard InChI is InChI=1S/C29H39N5O3/c1-4-11-31-25-15-23(18(2)13-24(25)28(30)36)29(37)33-19(3)14-20-6-5-12-34(17-20)26-10-9-22(16-32-26)27(35)21-7-8-21/h9-10,13,15-16,19-21,31H,4-8,11-12,14,17H2,1-3H3,(H2,30,36)(H,33,37). The fourth-order valence-electron chi connectivity index (χ4n) is 5.19. The number of nitrogens with one attached hydrogen (secondary N) is 2. The lowest BCUT2D eigenvalue weighted by molar-refractivity contribution is 0.0930. The van der Waals surface area contributed by atoms with Crippen LogP contribution in [0.5, 0.6) is 0 Å². The molecule has 1 aliphatic heterocycles. The van der Waals surface area contributed by atoms with Crippen molar-refractivity contribution in [2.45, 2.75) is 65.3 Å². The first-order chi connectivity index (χ1) is 17.8. The molecule has 2 atom stereocenters. The number of carbonyl (C=O) groups is 3. The number of piperidine rings is 1. The Morgan fingerprint density at radius 2 is 1.95 bits per heavy atom. The number of amides is 2. The zero-order valence-corrected chi connectivity index (χ0v) is 22.2. The van der Waals surface area contributed by atoms with E-state index in [1.165, 1.54) is 0 Å². The molecule has 1 saturated heterocycles. The van der Waals surface area contributed by atoms with E-state index in [4.69, 9.17) is 5.73 Å². The Morgan fingerprint density at radius 1 is 1.16 bits per heavy atom. The topological polar surface area (TPSA) is 117 Å². The largest absolute Gasteiger partial charge is 0.384 e. The fourth-order valence-corrected chi connectivity index (χ4v) is 5.19. The van der Waals surface area contributed by atoms with E-state index in [1.807, 2.05) is 32.9 Å². The second-order valence-electron chi connectivity index (χ2n) is 10.6. The number of aryl methyl sites for hydroxylation is 1. The van der Waals surface area contributed by atoms with E-state index >= 15 is 0 Å². The van der Waals surface area contributed by atoms with Crippen molar-refractivity contribution in [1.29, 1.82) is 0 Å². The minimum absolute atomic E-state index is 0.00813. The summed E-state index contributed by atoms with van der Waals surface area (Å²) in [6, 6.07) is 7.29. The lowest BCUT2D eigenvalue weighted by atomic mass is 9.91. The van der Waals surface area contributed by atoms with Gasteiger partial charge in [-0.05, 0) is 88.1 Å². The second-order valence-corrected chi connectivity index (χ2v) is 10.6. The predicted molar refractivity (Wildman–Crippen MR) is 146 cm³/mol. The van der Waals surface area contributed by atoms with Crippen LogP contribution in [-0.4, -0.2) is 48.3 Å². The molecule has 0 bridgehead atoms. The third-order valence-electron chi connectivity index (χ3n) is 7.33. The van der Waals surface area contributed by atoms with Gasteiger partial charge in [0.25, 0.3) is 11.8 Å². The molecule has 1 saturated carbocycles. The molecule has 2 unspecified atom stereocenters. The van der Waals surface area contributed by atoms with E-state index in [1.54, 1.807) is 18.3 Å². The lowest BCUT2D eigenvalue weighted by Crippen LogP contribution is -2.40. The maximum atomic E-state index is 13.1. The van der Waals surface area contributed by atoms with Crippen molar-refractivity contribution in [1.82, 2.24) is 10.3 Å². The first kappa shape index (κ1) is 26.6. The number of carbonyl (C=O) groups excluding carboxylic acids is 3. The molecule has 4 rings (SSSR count). The highest BCUT2D eigenvalue weighted by Gasteiger charge is 2.31. The number of ketones is 1. The monoisotopic (exact) mass is 505 g/mol. The summed E-state index contributed by atoms with van der Waals surface area (Å²) >= 11 is 0. The Balaban J connectivity index is 1.35. The van der Waals surface area contributed by atoms with Crippen LogP contribution in [0.25, 0.3) is 0 Å². The Labute approximate surface area is 219 Å². The van der Waals surface area contributed by atoms with Gasteiger partial charge in [0.2, 0.25) is 0 Å². The summed E-state index contributed by atoms with van der Waals surface area (Å²) < 4.78 is 0. The van der Waals surface area contributed by atoms with Crippen molar-refractivity contribution in [3.8, 4) is 0 Å². The van der Waals surface area contributed by atoms with Gasteiger partial charge in [-0.3, -0.25) is 14.4 Å². The normalized spacial score (nSPS) is 18.2. The predicted octanol–water partition coefficient (Wildman–Crippen LogP) is 4.33. The second kappa shape index (κ2) is 11.8. The number of hydrogen-bond acceptors (Lipinski definition) is 6. The van der Waals surface area contributed by atoms with Gasteiger partial charge in [0.15, 0.2) is 5.78 Å². The summed E-state index contributed by atoms with van der Waals surface area (Å²) in [5, 5.41) is 6.37. The summed E-state index contributed by atoms with van der Waals surface area (Å²) in [7, 11) is 0. The van der Waals surface area contributed by atoms with Gasteiger partial charge in [0.05, 0.1) is 5.56 Å². The van der Waals surface area contributed by atoms with Crippen LogP contribution < -0.4 is 21.3 Å². The average molecular weight is 506 g/mol. The molecule has 1 aliphatic carbocycles. The summed E-state index contributed by atoms with van der Waals surface area (Å²) in [5.41, 5.74) is 8.53. The molecule has 4 N–H and O–H groups in total. The van der Waals surface area contributed by atoms with E-state index in [0.29, 0.717) is 34.8 Å². The minimum Gasteiger partial charge on any atom is -0.384 e. The molecule has 2 heterocycles. The van der Waals surface area contributed by atoms with Crippen LogP contribution in [0.2, 0.25) is 0 Å². The fraction of sp³-hybridized carbons (Fsp3) is 0.517. The Kier molecular flexibility index (Phi) is 8.46. The van der Waals surface area contributed by atoms with Crippen molar-refractivity contribution < 1.29 is 14.4 Å². The molecule has 0 radical (unpaired) electrons. The summed E-state index contributed by atoms with van der Waals surface area (Å²) in [6.07, 6.45) is 7.64. The van der Waals surface area contributed by atoms with Crippen molar-refractivity contribution in [3.05, 3.63) is 52.7 Å². The highest BCUT2D eigenvalue weighted by Crippen LogP contribution is 2.33. The molecule has 37 heavy (non-hydrogen) atoms. The van der Waals surface area contributed by atoms with Crippen molar-refractivity contribution in [3.63, 3.8) is 0 Å². The number of Topliss-reactive ketones (excluding diaryl/α,β-unsaturated/α-hetero) is 1. The molecule has 1 aromatic heterocycles. The number of benzene rings is 1. The van der Waals surface area contributed by atoms with Crippen LogP contribution >= 0.6 is 0 Å². The van der Waals surface area contributed by atoms with E-state index in [0.717, 1.165) is 63.0 Å². The molecule has 1 aromatic carbocycles. The van der Waals surface area contributed by atoms with Gasteiger partial charge < -0.3 is 21.3 Å². The highest BCUT2D eigenvalue weighted by atomic mass is 16.2. The maximum Gasteiger partial charge on any atom is 0.251 e. The molecule has 2 amide bonds. The number of anilines is 2. The number of primary amides is 1. The minimum atomic E-state index is -0.512. The quantitative estimate of drug-likeness (QED) is 0.391. The average Bonchev–Trinajstić information content (AvgIpc) is 3.73. The SMILES string of the molecule is CCCNc1cc(C(=O)NC(C)CC2CCCN(c3ccc(C(=O)C4CC4)cn3)C2)c(C)cc1C(N)=O. The van der Waals surface area contributed by atoms with Crippen molar-refractivity contribution in [2.75, 3.05) is 29.9 Å². The molecule has 8 heteroatoms. The number of nitrogens with two attached hydrogens (primary N) is 1. The molecular weight excluding hydrogens is 466 g/mol. The number of aromatic nitrogens is 1. The van der Waals surface area contributed by atoms with Gasteiger partial charge in [-0.15, -0.1) is 0 Å². The van der Waals surface area contributed by atoms with Crippen LogP contribution in [0.3, 0.4) is 0 Å². The summed E-state index contributed by atoms with van der Waals surface area (Å²) in [6.45, 7) is 8.41. The van der Waals surface area contributed by atoms with Crippen LogP contribution in [0.15, 0.2) is 30.5 Å². The number of pyridine rings is 1. The molecule has 2 aromatic rings. The van der Waals surface area contributed by atoms with Gasteiger partial charge in [-0.25, -0.2) is 4.98 Å². The van der Waals surface area contributed by atoms with E-state index in [2.05, 4.69) is 20.5 Å². The van der Waals surface area contributed by atoms with Crippen LogP contribution in [0.4, 0.5) is 11.5 Å². The third-order valence-corrected chi connectivity index (χ3v) is 7.33. The smallest absolute Gasteiger partial charge is 0.251 e. The van der Waals surface area contributed by atoms with E-state index in [-0.39, 0.29) is 23.7 Å². The van der Waals surface area contributed by atoms with Gasteiger partial charge in [0, 0.05) is 54.6 Å². The molecule has 2 fully saturated rings. The molecule has 0 spiro atoms. The van der Waals surface area contributed by atoms with Gasteiger partial charge in [0.1, 0.15) is 5.82 Å². The molecule has 198 valence electrons. The van der Waals surface area contributed by atoms with Crippen LogP contribution in [-0.2, 0) is 0 Å². The zero-order valence-electron chi connectivity index (χ0n) is 22.2. The Bertz CT molecular complexity index is 1140. The van der Waals surface area contributed by atoms with Gasteiger partial charge in [-0.2, -0.15) is 0 Å². The number of nitrogens with zero attached hydrogens (tertiary/aromatic N) is 2. The highest BCUT2D eigenvalue weighted by molar-refractivity contribution is 6.03. The number of rotatable bonds is 11. The Morgan fingerprint density at radius 3 is 2.59 bits per heavy atom. The number of hydrogen-bond donors (Lipinski definition) is 3. The first-order valence-electron chi connectivity index (χ1n) is 13.5. The first-order valence-corrected chi connectivity index (χ1v) is 13.5. The lowest BCUT2D eigenvalue weighted by Gasteiger charge is -2.35. The zero-order chi connectivity index (χ0) is 26.5. The summed E-state index contributed by atoms with van der Waals surface area (Å²) in [4.78, 5) is 44.2. The maximum absolute atomic E-state index is 13.1. The van der Waals surface area contributed by atoms with E-state index < -0.39 is 5.91 Å². The van der Waals surface area contributed by atoms with Crippen molar-refractivity contribution >= 4 is 29.1 Å². The van der Waals surface area contributed by atoms with Gasteiger partial charge >= 0.3 is 0 Å². The van der Waals surface area contributed by atoms with Crippen LogP contribution in [0.1, 0.15) is 89.0 Å². The van der Waals surface area contributed by atoms with Crippen LogP contribution in [0, 0.1) is 18.8 Å². The third kappa shape index (κ3) is 6.67. The Hall–Kier alpha value is -3.42. The van der Waals surface area contributed by atoms with E-state index in [9.17, 15) is 14.4 Å². The summed E-state index contributed by atoms with van der Waals surface area (Å²) in [5.74, 6) is 1.10. The van der Waals surface area contributed by atoms with Crippen molar-refractivity contribution in [2.24, 2.45) is 17.6 Å². The van der Waals surface area contributed by atoms with Gasteiger partial charge in [-0.1, -0.05) is 6.92 Å². The molecular formula is C29H39N5O3. The molecule has 8 nitrogen and oxygen atoms in total.